The Labute approximate surface area is 135 Å². The number of nitrogens with zero attached hydrogens (tertiary/aromatic N) is 2. The average molecular weight is 316 g/mol. The van der Waals surface area contributed by atoms with Gasteiger partial charge in [-0.05, 0) is 5.57 Å². The number of carbonyl (C=O) groups excluding carboxylic acids is 1. The molecule has 6 heteroatoms. The van der Waals surface area contributed by atoms with Crippen molar-refractivity contribution in [3.8, 4) is 12.1 Å². The maximum atomic E-state index is 11.1. The third-order valence-corrected chi connectivity index (χ3v) is 4.17. The first-order valence-corrected chi connectivity index (χ1v) is 7.61. The summed E-state index contributed by atoms with van der Waals surface area (Å²) in [5.41, 5.74) is -0.532. The summed E-state index contributed by atoms with van der Waals surface area (Å²) < 4.78 is 16.2. The number of esters is 1. The Morgan fingerprint density at radius 2 is 2.13 bits per heavy atom. The zero-order valence-corrected chi connectivity index (χ0v) is 13.2. The van der Waals surface area contributed by atoms with Gasteiger partial charge in [-0.3, -0.25) is 4.79 Å². The summed E-state index contributed by atoms with van der Waals surface area (Å²) in [7, 11) is 0. The smallest absolute Gasteiger partial charge is 0.302 e. The van der Waals surface area contributed by atoms with Gasteiger partial charge in [-0.15, -0.1) is 0 Å². The van der Waals surface area contributed by atoms with Crippen LogP contribution in [-0.4, -0.2) is 39.0 Å². The molecule has 0 N–H and O–H groups in total. The Bertz CT molecular complexity index is 568. The zero-order valence-electron chi connectivity index (χ0n) is 13.2. The molecule has 0 aromatic heterocycles. The van der Waals surface area contributed by atoms with Crippen molar-refractivity contribution in [3.63, 3.8) is 0 Å². The molecule has 0 fully saturated rings. The zero-order chi connectivity index (χ0) is 16.7. The third kappa shape index (κ3) is 3.98. The number of nitriles is 2. The first-order valence-electron chi connectivity index (χ1n) is 7.61. The summed E-state index contributed by atoms with van der Waals surface area (Å²) in [4.78, 5) is 11.1. The second-order valence-electron chi connectivity index (χ2n) is 5.64. The van der Waals surface area contributed by atoms with E-state index in [9.17, 15) is 15.3 Å². The number of hydrogen-bond donors (Lipinski definition) is 0. The number of allylic oxidation sites excluding steroid dienone is 1. The van der Waals surface area contributed by atoms with Crippen LogP contribution in [0, 0.1) is 39.9 Å². The molecule has 122 valence electrons. The van der Waals surface area contributed by atoms with Crippen LogP contribution in [0.3, 0.4) is 0 Å². The fourth-order valence-corrected chi connectivity index (χ4v) is 2.95. The van der Waals surface area contributed by atoms with E-state index >= 15 is 0 Å². The molecular formula is C17H20N2O4. The standard InChI is InChI=1S/C17H20N2O4/c1-13(20)23-9-14-3-2-5-17(11-18,12-19)16-4-6-21-7-8-22-10-15(14)16/h2-4,14-15H,5-10H2,1H3/b16-4+/t14-,15-/m0/s1. The van der Waals surface area contributed by atoms with Crippen molar-refractivity contribution in [2.75, 3.05) is 33.0 Å². The topological polar surface area (TPSA) is 92.3 Å². The lowest BCUT2D eigenvalue weighted by Crippen LogP contribution is -2.31. The van der Waals surface area contributed by atoms with Gasteiger partial charge in [-0.2, -0.15) is 10.5 Å². The maximum Gasteiger partial charge on any atom is 0.302 e. The van der Waals surface area contributed by atoms with E-state index in [2.05, 4.69) is 12.1 Å². The van der Waals surface area contributed by atoms with Crippen molar-refractivity contribution >= 4 is 5.97 Å². The van der Waals surface area contributed by atoms with Gasteiger partial charge in [0.25, 0.3) is 0 Å². The Balaban J connectivity index is 2.39. The molecule has 1 aliphatic carbocycles. The molecule has 0 aromatic carbocycles. The van der Waals surface area contributed by atoms with Gasteiger partial charge in [-0.25, -0.2) is 0 Å². The summed E-state index contributed by atoms with van der Waals surface area (Å²) >= 11 is 0. The molecule has 1 aliphatic heterocycles. The maximum absolute atomic E-state index is 11.1. The van der Waals surface area contributed by atoms with E-state index < -0.39 is 5.41 Å². The average Bonchev–Trinajstić information content (AvgIpc) is 2.61. The largest absolute Gasteiger partial charge is 0.465 e. The normalized spacial score (nSPS) is 29.1. The molecule has 2 atom stereocenters. The van der Waals surface area contributed by atoms with Crippen LogP contribution >= 0.6 is 0 Å². The van der Waals surface area contributed by atoms with E-state index in [1.54, 1.807) is 0 Å². The number of hydrogen-bond acceptors (Lipinski definition) is 6. The van der Waals surface area contributed by atoms with E-state index in [1.807, 2.05) is 18.2 Å². The molecule has 1 heterocycles. The Morgan fingerprint density at radius 1 is 1.39 bits per heavy atom. The van der Waals surface area contributed by atoms with Crippen molar-refractivity contribution in [1.29, 1.82) is 10.5 Å². The molecule has 23 heavy (non-hydrogen) atoms. The van der Waals surface area contributed by atoms with Crippen molar-refractivity contribution < 1.29 is 19.0 Å². The van der Waals surface area contributed by atoms with E-state index in [1.165, 1.54) is 6.92 Å². The number of rotatable bonds is 2. The molecule has 0 spiro atoms. The van der Waals surface area contributed by atoms with Gasteiger partial charge >= 0.3 is 5.97 Å². The van der Waals surface area contributed by atoms with Crippen LogP contribution < -0.4 is 0 Å². The Kier molecular flexibility index (Phi) is 5.92. The van der Waals surface area contributed by atoms with Crippen LogP contribution in [0.4, 0.5) is 0 Å². The minimum absolute atomic E-state index is 0.133. The van der Waals surface area contributed by atoms with Crippen LogP contribution in [0.25, 0.3) is 0 Å². The number of ether oxygens (including phenoxy) is 3. The highest BCUT2D eigenvalue weighted by Gasteiger charge is 2.42. The highest BCUT2D eigenvalue weighted by atomic mass is 16.5. The summed E-state index contributed by atoms with van der Waals surface area (Å²) in [6.07, 6.45) is 5.86. The van der Waals surface area contributed by atoms with Crippen LogP contribution in [0.15, 0.2) is 23.8 Å². The molecule has 2 aliphatic rings. The van der Waals surface area contributed by atoms with E-state index in [0.717, 1.165) is 0 Å². The van der Waals surface area contributed by atoms with Gasteiger partial charge in [0.1, 0.15) is 0 Å². The van der Waals surface area contributed by atoms with Gasteiger partial charge in [0.2, 0.25) is 0 Å². The minimum atomic E-state index is -1.23. The van der Waals surface area contributed by atoms with Crippen LogP contribution in [0.5, 0.6) is 0 Å². The number of carbonyl (C=O) groups is 1. The lowest BCUT2D eigenvalue weighted by molar-refractivity contribution is -0.142. The van der Waals surface area contributed by atoms with Crippen LogP contribution in [0.2, 0.25) is 0 Å². The quantitative estimate of drug-likeness (QED) is 0.569. The molecule has 0 amide bonds. The van der Waals surface area contributed by atoms with Gasteiger partial charge in [0, 0.05) is 25.2 Å². The molecule has 0 aromatic rings. The molecule has 0 saturated heterocycles. The summed E-state index contributed by atoms with van der Waals surface area (Å²) in [6.45, 7) is 3.17. The second kappa shape index (κ2) is 7.92. The lowest BCUT2D eigenvalue weighted by atomic mass is 9.72. The van der Waals surface area contributed by atoms with Gasteiger partial charge in [-0.1, -0.05) is 18.2 Å². The first-order chi connectivity index (χ1) is 11.1. The summed E-state index contributed by atoms with van der Waals surface area (Å²) in [5, 5.41) is 19.3. The SMILES string of the molecule is CC(=O)OC[C@@H]1C=CCC(C#N)(C#N)/C2=C/COCCOC[C@H]21. The predicted molar refractivity (Wildman–Crippen MR) is 80.8 cm³/mol. The predicted octanol–water partition coefficient (Wildman–Crippen LogP) is 1.75. The van der Waals surface area contributed by atoms with Crippen molar-refractivity contribution in [2.45, 2.75) is 13.3 Å². The third-order valence-electron chi connectivity index (χ3n) is 4.17. The van der Waals surface area contributed by atoms with Crippen molar-refractivity contribution in [1.82, 2.24) is 0 Å². The van der Waals surface area contributed by atoms with Gasteiger partial charge in [0.15, 0.2) is 5.41 Å². The summed E-state index contributed by atoms with van der Waals surface area (Å²) in [5.74, 6) is -0.687. The van der Waals surface area contributed by atoms with Crippen molar-refractivity contribution in [3.05, 3.63) is 23.8 Å². The highest BCUT2D eigenvalue weighted by molar-refractivity contribution is 5.65. The van der Waals surface area contributed by atoms with E-state index in [-0.39, 0.29) is 24.4 Å². The molecule has 0 radical (unpaired) electrons. The molecule has 2 rings (SSSR count). The summed E-state index contributed by atoms with van der Waals surface area (Å²) in [6, 6.07) is 4.32. The Morgan fingerprint density at radius 3 is 2.83 bits per heavy atom. The van der Waals surface area contributed by atoms with Crippen LogP contribution in [-0.2, 0) is 19.0 Å². The van der Waals surface area contributed by atoms with E-state index in [4.69, 9.17) is 14.2 Å². The molecule has 0 saturated carbocycles. The lowest BCUT2D eigenvalue weighted by Gasteiger charge is -2.30. The molecule has 6 nitrogen and oxygen atoms in total. The van der Waals surface area contributed by atoms with Crippen LogP contribution in [0.1, 0.15) is 13.3 Å². The van der Waals surface area contributed by atoms with Gasteiger partial charge in [0.05, 0.1) is 45.2 Å². The van der Waals surface area contributed by atoms with E-state index in [0.29, 0.717) is 38.4 Å². The highest BCUT2D eigenvalue weighted by Crippen LogP contribution is 2.42. The first kappa shape index (κ1) is 17.2. The minimum Gasteiger partial charge on any atom is -0.465 e. The second-order valence-corrected chi connectivity index (χ2v) is 5.64. The fraction of sp³-hybridized carbons (Fsp3) is 0.588. The molecule has 0 bridgehead atoms. The van der Waals surface area contributed by atoms with Gasteiger partial charge < -0.3 is 14.2 Å². The molecular weight excluding hydrogens is 296 g/mol. The Hall–Kier alpha value is -2.15. The monoisotopic (exact) mass is 316 g/mol. The molecule has 0 unspecified atom stereocenters. The number of fused-ring (bicyclic) bond motifs is 1. The fourth-order valence-electron chi connectivity index (χ4n) is 2.95. The van der Waals surface area contributed by atoms with Crippen molar-refractivity contribution in [2.24, 2.45) is 17.3 Å².